The highest BCUT2D eigenvalue weighted by Gasteiger charge is 2.19. The van der Waals surface area contributed by atoms with Gasteiger partial charge in [0.2, 0.25) is 5.95 Å². The Morgan fingerprint density at radius 1 is 1.25 bits per heavy atom. The number of rotatable bonds is 5. The highest BCUT2D eigenvalue weighted by Crippen LogP contribution is 2.25. The molecule has 0 fully saturated rings. The van der Waals surface area contributed by atoms with Crippen molar-refractivity contribution in [3.8, 4) is 0 Å². The molecule has 0 spiro atoms. The molecule has 20 heavy (non-hydrogen) atoms. The number of nitrogens with zero attached hydrogens (tertiary/aromatic N) is 2. The van der Waals surface area contributed by atoms with E-state index in [2.05, 4.69) is 32.2 Å². The van der Waals surface area contributed by atoms with Gasteiger partial charge in [-0.25, -0.2) is 23.1 Å². The number of sulfonamides is 1. The molecule has 1 heterocycles. The number of hydrogen-bond acceptors (Lipinski definition) is 5. The smallest absolute Gasteiger partial charge is 0.265 e. The zero-order chi connectivity index (χ0) is 14.6. The molecule has 104 valence electrons. The van der Waals surface area contributed by atoms with Crippen molar-refractivity contribution in [1.82, 2.24) is 9.97 Å². The van der Waals surface area contributed by atoms with Crippen molar-refractivity contribution >= 4 is 51.0 Å². The summed E-state index contributed by atoms with van der Waals surface area (Å²) in [6.07, 6.45) is 2.86. The predicted molar refractivity (Wildman–Crippen MR) is 81.6 cm³/mol. The maximum absolute atomic E-state index is 12.2. The van der Waals surface area contributed by atoms with Crippen LogP contribution in [0.15, 0.2) is 41.6 Å². The third kappa shape index (κ3) is 3.41. The summed E-state index contributed by atoms with van der Waals surface area (Å²) in [4.78, 5) is 7.51. The van der Waals surface area contributed by atoms with Crippen LogP contribution in [0.25, 0.3) is 0 Å². The topological polar surface area (TPSA) is 84.0 Å². The molecule has 0 aliphatic carbocycles. The van der Waals surface area contributed by atoms with Gasteiger partial charge in [0, 0.05) is 18.1 Å². The van der Waals surface area contributed by atoms with Crippen molar-refractivity contribution in [3.05, 3.63) is 41.7 Å². The van der Waals surface area contributed by atoms with Gasteiger partial charge >= 0.3 is 0 Å². The van der Waals surface area contributed by atoms with Crippen LogP contribution in [0.4, 0.5) is 11.6 Å². The van der Waals surface area contributed by atoms with E-state index in [0.29, 0.717) is 5.69 Å². The number of halogens is 1. The average molecular weight is 329 g/mol. The van der Waals surface area contributed by atoms with Crippen molar-refractivity contribution in [3.63, 3.8) is 0 Å². The van der Waals surface area contributed by atoms with Gasteiger partial charge in [-0.3, -0.25) is 0 Å². The second-order valence-corrected chi connectivity index (χ2v) is 5.88. The van der Waals surface area contributed by atoms with Crippen molar-refractivity contribution in [2.75, 3.05) is 10.0 Å². The third-order valence-electron chi connectivity index (χ3n) is 2.24. The second kappa shape index (κ2) is 6.12. The molecule has 2 aromatic rings. The second-order valence-electron chi connectivity index (χ2n) is 3.59. The van der Waals surface area contributed by atoms with E-state index >= 15 is 0 Å². The van der Waals surface area contributed by atoms with Gasteiger partial charge in [-0.05, 0) is 24.3 Å². The number of aromatic nitrogens is 2. The standard InChI is InChI=1S/C11H9ClN4O2S2/c12-9-6-8(15-7-19)2-3-10(9)20(17,18)16-11-13-4-1-5-14-11/h1-7H,(H,15,19)(H,13,14,16). The predicted octanol–water partition coefficient (Wildman–Crippen LogP) is 2.30. The lowest BCUT2D eigenvalue weighted by Gasteiger charge is -2.09. The molecule has 0 aliphatic heterocycles. The summed E-state index contributed by atoms with van der Waals surface area (Å²) in [7, 11) is -3.85. The lowest BCUT2D eigenvalue weighted by Crippen LogP contribution is -2.15. The van der Waals surface area contributed by atoms with Gasteiger partial charge in [-0.1, -0.05) is 23.8 Å². The maximum atomic E-state index is 12.2. The first kappa shape index (κ1) is 14.6. The van der Waals surface area contributed by atoms with E-state index in [-0.39, 0.29) is 15.9 Å². The Balaban J connectivity index is 2.32. The monoisotopic (exact) mass is 328 g/mol. The highest BCUT2D eigenvalue weighted by atomic mass is 35.5. The van der Waals surface area contributed by atoms with E-state index in [1.165, 1.54) is 30.0 Å². The van der Waals surface area contributed by atoms with Crippen LogP contribution in [0.5, 0.6) is 0 Å². The number of thiocarbonyl (C=S) groups is 1. The number of benzene rings is 1. The van der Waals surface area contributed by atoms with Gasteiger partial charge in [0.15, 0.2) is 0 Å². The van der Waals surface area contributed by atoms with Crippen LogP contribution >= 0.6 is 23.8 Å². The van der Waals surface area contributed by atoms with Crippen molar-refractivity contribution < 1.29 is 8.42 Å². The Hall–Kier alpha value is -1.77. The minimum Gasteiger partial charge on any atom is -0.353 e. The summed E-state index contributed by atoms with van der Waals surface area (Å²) in [6, 6.07) is 5.96. The molecule has 1 aromatic carbocycles. The molecule has 9 heteroatoms. The van der Waals surface area contributed by atoms with Crippen molar-refractivity contribution in [1.29, 1.82) is 0 Å². The van der Waals surface area contributed by atoms with Crippen LogP contribution in [0, 0.1) is 0 Å². The minimum absolute atomic E-state index is 0.0235. The van der Waals surface area contributed by atoms with Gasteiger partial charge < -0.3 is 5.32 Å². The largest absolute Gasteiger partial charge is 0.353 e. The zero-order valence-corrected chi connectivity index (χ0v) is 12.3. The molecule has 0 bridgehead atoms. The van der Waals surface area contributed by atoms with Crippen LogP contribution in [0.3, 0.4) is 0 Å². The minimum atomic E-state index is -3.85. The fourth-order valence-electron chi connectivity index (χ4n) is 1.40. The Morgan fingerprint density at radius 2 is 1.95 bits per heavy atom. The fraction of sp³-hybridized carbons (Fsp3) is 0. The lowest BCUT2D eigenvalue weighted by atomic mass is 10.3. The first-order valence-corrected chi connectivity index (χ1v) is 7.66. The number of hydrogen-bond donors (Lipinski definition) is 2. The van der Waals surface area contributed by atoms with E-state index in [1.807, 2.05) is 0 Å². The van der Waals surface area contributed by atoms with Crippen LogP contribution < -0.4 is 10.0 Å². The van der Waals surface area contributed by atoms with Gasteiger partial charge in [0.05, 0.1) is 10.5 Å². The van der Waals surface area contributed by atoms with E-state index in [1.54, 1.807) is 12.1 Å². The van der Waals surface area contributed by atoms with Crippen LogP contribution in [0.2, 0.25) is 5.02 Å². The zero-order valence-electron chi connectivity index (χ0n) is 9.95. The molecule has 0 atom stereocenters. The first-order chi connectivity index (χ1) is 9.53. The molecule has 0 saturated heterocycles. The summed E-state index contributed by atoms with van der Waals surface area (Å²) in [5, 5.41) is 2.81. The van der Waals surface area contributed by atoms with E-state index in [0.717, 1.165) is 0 Å². The van der Waals surface area contributed by atoms with Crippen molar-refractivity contribution in [2.24, 2.45) is 0 Å². The highest BCUT2D eigenvalue weighted by molar-refractivity contribution is 7.92. The van der Waals surface area contributed by atoms with E-state index < -0.39 is 10.0 Å². The Labute approximate surface area is 126 Å². The van der Waals surface area contributed by atoms with Crippen LogP contribution in [-0.2, 0) is 10.0 Å². The summed E-state index contributed by atoms with van der Waals surface area (Å²) < 4.78 is 26.6. The number of anilines is 2. The first-order valence-electron chi connectivity index (χ1n) is 5.32. The summed E-state index contributed by atoms with van der Waals surface area (Å²) in [5.41, 5.74) is 1.90. The Morgan fingerprint density at radius 3 is 2.55 bits per heavy atom. The Kier molecular flexibility index (Phi) is 4.48. The molecule has 6 nitrogen and oxygen atoms in total. The van der Waals surface area contributed by atoms with Gasteiger partial charge in [0.1, 0.15) is 4.90 Å². The molecule has 0 amide bonds. The molecule has 2 N–H and O–H groups in total. The van der Waals surface area contributed by atoms with E-state index in [9.17, 15) is 8.42 Å². The number of nitrogens with one attached hydrogen (secondary N) is 2. The normalized spacial score (nSPS) is 10.8. The summed E-state index contributed by atoms with van der Waals surface area (Å²) >= 11 is 10.6. The fourth-order valence-corrected chi connectivity index (χ4v) is 3.04. The quantitative estimate of drug-likeness (QED) is 0.819. The average Bonchev–Trinajstić information content (AvgIpc) is 2.39. The molecule has 0 unspecified atom stereocenters. The summed E-state index contributed by atoms with van der Waals surface area (Å²) in [6.45, 7) is 0. The molecule has 2 rings (SSSR count). The Bertz CT molecular complexity index is 722. The third-order valence-corrected chi connectivity index (χ3v) is 4.17. The molecule has 0 aliphatic rings. The van der Waals surface area contributed by atoms with Crippen molar-refractivity contribution in [2.45, 2.75) is 4.90 Å². The van der Waals surface area contributed by atoms with Crippen LogP contribution in [-0.4, -0.2) is 23.9 Å². The molecule has 0 saturated carbocycles. The van der Waals surface area contributed by atoms with Gasteiger partial charge in [-0.15, -0.1) is 0 Å². The van der Waals surface area contributed by atoms with Crippen LogP contribution in [0.1, 0.15) is 0 Å². The molecular formula is C11H9ClN4O2S2. The van der Waals surface area contributed by atoms with E-state index in [4.69, 9.17) is 11.6 Å². The van der Waals surface area contributed by atoms with Gasteiger partial charge in [-0.2, -0.15) is 0 Å². The van der Waals surface area contributed by atoms with Gasteiger partial charge in [0.25, 0.3) is 10.0 Å². The maximum Gasteiger partial charge on any atom is 0.265 e. The molecule has 0 radical (unpaired) electrons. The molecular weight excluding hydrogens is 320 g/mol. The lowest BCUT2D eigenvalue weighted by molar-refractivity contribution is 0.601. The summed E-state index contributed by atoms with van der Waals surface area (Å²) in [5.74, 6) is -0.0235. The SMILES string of the molecule is O=S(=O)(Nc1ncccn1)c1ccc(NC=S)cc1Cl. The molecule has 1 aromatic heterocycles.